The molecule has 9 heteroatoms. The summed E-state index contributed by atoms with van der Waals surface area (Å²) in [6.07, 6.45) is 0.274. The molecule has 3 aromatic carbocycles. The molecule has 0 spiro atoms. The molecular weight excluding hydrogens is 492 g/mol. The smallest absolute Gasteiger partial charge is 0.229 e. The third-order valence-electron chi connectivity index (χ3n) is 5.29. The number of carbonyl (C=O) groups is 1. The lowest BCUT2D eigenvalue weighted by atomic mass is 10.2. The Bertz CT molecular complexity index is 1390. The topological polar surface area (TPSA) is 76.6 Å². The van der Waals surface area contributed by atoms with E-state index in [1.54, 1.807) is 54.5 Å². The molecule has 0 unspecified atom stereocenters. The number of anilines is 1. The van der Waals surface area contributed by atoms with Crippen molar-refractivity contribution in [2.24, 2.45) is 0 Å². The van der Waals surface area contributed by atoms with Crippen LogP contribution in [0.5, 0.6) is 5.75 Å². The van der Waals surface area contributed by atoms with E-state index in [0.717, 1.165) is 10.3 Å². The largest absolute Gasteiger partial charge is 0.494 e. The summed E-state index contributed by atoms with van der Waals surface area (Å²) < 4.78 is 31.4. The Kier molecular flexibility index (Phi) is 7.50. The van der Waals surface area contributed by atoms with Gasteiger partial charge in [0.15, 0.2) is 15.0 Å². The van der Waals surface area contributed by atoms with Crippen LogP contribution in [0, 0.1) is 0 Å². The van der Waals surface area contributed by atoms with Crippen molar-refractivity contribution in [1.82, 2.24) is 4.98 Å². The standard InChI is InChI=1S/C25H23ClN2O4S2/c1-32-21-15-14-20(26)24-23(21)27-25(33-24)28(17-18-9-4-2-5-10-18)22(29)13-8-16-34(30,31)19-11-6-3-7-12-19/h2-7,9-12,14-15H,8,13,16-17H2,1H3. The van der Waals surface area contributed by atoms with Gasteiger partial charge in [0.05, 0.1) is 34.0 Å². The number of amides is 1. The SMILES string of the molecule is COc1ccc(Cl)c2sc(N(Cc3ccccc3)C(=O)CCCS(=O)(=O)c3ccccc3)nc12. The predicted octanol–water partition coefficient (Wildman–Crippen LogP) is 5.75. The lowest BCUT2D eigenvalue weighted by molar-refractivity contribution is -0.118. The van der Waals surface area contributed by atoms with Crippen LogP contribution in [0.4, 0.5) is 5.13 Å². The summed E-state index contributed by atoms with van der Waals surface area (Å²) in [5.74, 6) is 0.255. The fraction of sp³-hybridized carbons (Fsp3) is 0.200. The maximum absolute atomic E-state index is 13.3. The van der Waals surface area contributed by atoms with Crippen LogP contribution in [-0.4, -0.2) is 32.2 Å². The lowest BCUT2D eigenvalue weighted by Crippen LogP contribution is -2.30. The normalized spacial score (nSPS) is 11.5. The van der Waals surface area contributed by atoms with E-state index >= 15 is 0 Å². The number of methoxy groups -OCH3 is 1. The van der Waals surface area contributed by atoms with Gasteiger partial charge in [0.1, 0.15) is 11.3 Å². The first-order valence-corrected chi connectivity index (χ1v) is 13.5. The first-order chi connectivity index (χ1) is 16.4. The number of carbonyl (C=O) groups excluding carboxylic acids is 1. The Labute approximate surface area is 207 Å². The van der Waals surface area contributed by atoms with Crippen molar-refractivity contribution in [1.29, 1.82) is 0 Å². The molecule has 0 aliphatic heterocycles. The van der Waals surface area contributed by atoms with Crippen molar-refractivity contribution in [3.63, 3.8) is 0 Å². The van der Waals surface area contributed by atoms with Crippen molar-refractivity contribution in [3.8, 4) is 5.75 Å². The van der Waals surface area contributed by atoms with Gasteiger partial charge in [-0.15, -0.1) is 0 Å². The van der Waals surface area contributed by atoms with E-state index < -0.39 is 9.84 Å². The summed E-state index contributed by atoms with van der Waals surface area (Å²) in [7, 11) is -1.90. The molecule has 176 valence electrons. The van der Waals surface area contributed by atoms with E-state index in [4.69, 9.17) is 16.3 Å². The highest BCUT2D eigenvalue weighted by atomic mass is 35.5. The molecule has 0 fully saturated rings. The number of ether oxygens (including phenoxy) is 1. The highest BCUT2D eigenvalue weighted by molar-refractivity contribution is 7.91. The van der Waals surface area contributed by atoms with Crippen molar-refractivity contribution >= 4 is 54.0 Å². The fourth-order valence-electron chi connectivity index (χ4n) is 3.54. The predicted molar refractivity (Wildman–Crippen MR) is 137 cm³/mol. The summed E-state index contributed by atoms with van der Waals surface area (Å²) in [6, 6.07) is 21.3. The average Bonchev–Trinajstić information content (AvgIpc) is 3.30. The van der Waals surface area contributed by atoms with Gasteiger partial charge in [0.2, 0.25) is 5.91 Å². The number of hydrogen-bond acceptors (Lipinski definition) is 6. The highest BCUT2D eigenvalue weighted by Crippen LogP contribution is 2.39. The summed E-state index contributed by atoms with van der Waals surface area (Å²) in [6.45, 7) is 0.310. The Morgan fingerprint density at radius 3 is 2.38 bits per heavy atom. The molecule has 0 aliphatic carbocycles. The van der Waals surface area contributed by atoms with Crippen LogP contribution in [-0.2, 0) is 21.2 Å². The first kappa shape index (κ1) is 24.2. The Hall–Kier alpha value is -2.94. The third-order valence-corrected chi connectivity index (χ3v) is 8.64. The maximum Gasteiger partial charge on any atom is 0.229 e. The van der Waals surface area contributed by atoms with E-state index in [2.05, 4.69) is 4.98 Å². The molecule has 0 atom stereocenters. The van der Waals surface area contributed by atoms with Gasteiger partial charge in [-0.2, -0.15) is 0 Å². The zero-order valence-corrected chi connectivity index (χ0v) is 20.9. The zero-order valence-electron chi connectivity index (χ0n) is 18.5. The number of rotatable bonds is 9. The summed E-state index contributed by atoms with van der Waals surface area (Å²) in [5, 5.41) is 1.02. The Balaban J connectivity index is 1.58. The van der Waals surface area contributed by atoms with Crippen molar-refractivity contribution < 1.29 is 17.9 Å². The average molecular weight is 515 g/mol. The molecule has 4 aromatic rings. The Morgan fingerprint density at radius 2 is 1.71 bits per heavy atom. The quantitative estimate of drug-likeness (QED) is 0.284. The summed E-state index contributed by atoms with van der Waals surface area (Å²) >= 11 is 7.69. The van der Waals surface area contributed by atoms with Crippen LogP contribution < -0.4 is 9.64 Å². The minimum atomic E-state index is -3.46. The van der Waals surface area contributed by atoms with Crippen LogP contribution in [0.2, 0.25) is 5.02 Å². The molecule has 1 amide bonds. The summed E-state index contributed by atoms with van der Waals surface area (Å²) in [4.78, 5) is 19.8. The van der Waals surface area contributed by atoms with Crippen molar-refractivity contribution in [3.05, 3.63) is 83.4 Å². The van der Waals surface area contributed by atoms with Gasteiger partial charge in [-0.25, -0.2) is 13.4 Å². The van der Waals surface area contributed by atoms with Crippen molar-refractivity contribution in [2.45, 2.75) is 24.3 Å². The minimum absolute atomic E-state index is 0.0691. The number of thiazole rings is 1. The molecule has 0 N–H and O–H groups in total. The molecule has 4 rings (SSSR count). The first-order valence-electron chi connectivity index (χ1n) is 10.6. The van der Waals surface area contributed by atoms with E-state index in [1.807, 2.05) is 30.3 Å². The van der Waals surface area contributed by atoms with Crippen LogP contribution >= 0.6 is 22.9 Å². The van der Waals surface area contributed by atoms with Gasteiger partial charge in [-0.1, -0.05) is 71.5 Å². The zero-order chi connectivity index (χ0) is 24.1. The monoisotopic (exact) mass is 514 g/mol. The molecule has 34 heavy (non-hydrogen) atoms. The van der Waals surface area contributed by atoms with Crippen LogP contribution in [0.25, 0.3) is 10.2 Å². The molecule has 1 aromatic heterocycles. The second kappa shape index (κ2) is 10.5. The minimum Gasteiger partial charge on any atom is -0.494 e. The van der Waals surface area contributed by atoms with Gasteiger partial charge in [-0.05, 0) is 36.2 Å². The highest BCUT2D eigenvalue weighted by Gasteiger charge is 2.23. The van der Waals surface area contributed by atoms with E-state index in [-0.39, 0.29) is 29.4 Å². The van der Waals surface area contributed by atoms with Gasteiger partial charge in [0.25, 0.3) is 0 Å². The van der Waals surface area contributed by atoms with Crippen LogP contribution in [0.15, 0.2) is 77.7 Å². The maximum atomic E-state index is 13.3. The number of fused-ring (bicyclic) bond motifs is 1. The number of aromatic nitrogens is 1. The molecule has 6 nitrogen and oxygen atoms in total. The number of sulfone groups is 1. The molecule has 1 heterocycles. The summed E-state index contributed by atoms with van der Waals surface area (Å²) in [5.41, 5.74) is 1.53. The van der Waals surface area contributed by atoms with Crippen LogP contribution in [0.3, 0.4) is 0 Å². The van der Waals surface area contributed by atoms with Crippen LogP contribution in [0.1, 0.15) is 18.4 Å². The van der Waals surface area contributed by atoms with E-state index in [0.29, 0.717) is 28.0 Å². The second-order valence-corrected chi connectivity index (χ2v) is 11.1. The third kappa shape index (κ3) is 5.41. The van der Waals surface area contributed by atoms with Gasteiger partial charge in [0, 0.05) is 6.42 Å². The van der Waals surface area contributed by atoms with Gasteiger partial charge >= 0.3 is 0 Å². The number of benzene rings is 3. The second-order valence-electron chi connectivity index (χ2n) is 7.62. The van der Waals surface area contributed by atoms with Gasteiger partial charge < -0.3 is 4.74 Å². The lowest BCUT2D eigenvalue weighted by Gasteiger charge is -2.20. The Morgan fingerprint density at radius 1 is 1.03 bits per heavy atom. The number of halogens is 1. The molecule has 0 radical (unpaired) electrons. The van der Waals surface area contributed by atoms with E-state index in [9.17, 15) is 13.2 Å². The molecule has 0 aliphatic rings. The number of hydrogen-bond donors (Lipinski definition) is 0. The van der Waals surface area contributed by atoms with Crippen molar-refractivity contribution in [2.75, 3.05) is 17.8 Å². The van der Waals surface area contributed by atoms with E-state index in [1.165, 1.54) is 11.3 Å². The molecule has 0 saturated heterocycles. The molecule has 0 saturated carbocycles. The molecular formula is C25H23ClN2O4S2. The molecule has 0 bridgehead atoms. The van der Waals surface area contributed by atoms with Gasteiger partial charge in [-0.3, -0.25) is 9.69 Å². The number of nitrogens with zero attached hydrogens (tertiary/aromatic N) is 2. The fourth-order valence-corrected chi connectivity index (χ4v) is 6.15.